The Balaban J connectivity index is 1.23. The first-order valence-corrected chi connectivity index (χ1v) is 10.7. The number of Topliss-reactive ketones (excluding diaryl/α,β-unsaturated/α-hetero) is 1. The Hall–Kier alpha value is -1.98. The van der Waals surface area contributed by atoms with Crippen molar-refractivity contribution in [2.24, 2.45) is 23.2 Å². The van der Waals surface area contributed by atoms with Gasteiger partial charge in [0, 0.05) is 36.8 Å². The van der Waals surface area contributed by atoms with Crippen LogP contribution in [0.3, 0.4) is 0 Å². The normalized spacial score (nSPS) is 38.6. The predicted octanol–water partition coefficient (Wildman–Crippen LogP) is 3.49. The number of ketones is 1. The van der Waals surface area contributed by atoms with E-state index >= 15 is 0 Å². The molecule has 6 nitrogen and oxygen atoms in total. The third kappa shape index (κ3) is 2.92. The Morgan fingerprint density at radius 1 is 1.14 bits per heavy atom. The maximum Gasteiger partial charge on any atom is 0.410 e. The molecule has 1 aromatic heterocycles. The molecule has 0 N–H and O–H groups in total. The lowest BCUT2D eigenvalue weighted by Crippen LogP contribution is -2.57. The molecule has 0 spiro atoms. The number of nitrogens with zero attached hydrogens (tertiary/aromatic N) is 3. The Bertz CT molecular complexity index is 777. The van der Waals surface area contributed by atoms with Gasteiger partial charge in [0.25, 0.3) is 0 Å². The molecule has 4 saturated carbocycles. The van der Waals surface area contributed by atoms with E-state index in [2.05, 4.69) is 9.97 Å². The van der Waals surface area contributed by atoms with Crippen LogP contribution in [0.15, 0.2) is 12.4 Å². The summed E-state index contributed by atoms with van der Waals surface area (Å²) in [4.78, 5) is 35.6. The van der Waals surface area contributed by atoms with Crippen LogP contribution >= 0.6 is 0 Å². The molecular formula is C22H29N3O3. The minimum atomic E-state index is -0.176. The van der Waals surface area contributed by atoms with Gasteiger partial charge in [-0.3, -0.25) is 4.79 Å². The van der Waals surface area contributed by atoms with Gasteiger partial charge < -0.3 is 9.64 Å². The summed E-state index contributed by atoms with van der Waals surface area (Å²) in [5.74, 6) is 2.77. The number of amides is 1. The third-order valence-electron chi connectivity index (χ3n) is 7.89. The SMILES string of the molecule is CC(=O)C12CC3CC(C1)C(OC(=O)N1CCC(c4cnc(C)nc4)C1)C(C3)C2. The lowest BCUT2D eigenvalue weighted by Gasteiger charge is -2.58. The van der Waals surface area contributed by atoms with E-state index in [1.165, 1.54) is 0 Å². The average Bonchev–Trinajstić information content (AvgIpc) is 3.15. The lowest BCUT2D eigenvalue weighted by molar-refractivity contribution is -0.160. The van der Waals surface area contributed by atoms with E-state index in [0.29, 0.717) is 30.1 Å². The topological polar surface area (TPSA) is 72.4 Å². The van der Waals surface area contributed by atoms with E-state index < -0.39 is 0 Å². The summed E-state index contributed by atoms with van der Waals surface area (Å²) < 4.78 is 6.08. The Morgan fingerprint density at radius 3 is 2.46 bits per heavy atom. The van der Waals surface area contributed by atoms with Gasteiger partial charge in [-0.05, 0) is 75.7 Å². The Kier molecular flexibility index (Phi) is 4.21. The monoisotopic (exact) mass is 383 g/mol. The smallest absolute Gasteiger partial charge is 0.410 e. The number of aromatic nitrogens is 2. The molecule has 5 fully saturated rings. The van der Waals surface area contributed by atoms with Gasteiger partial charge in [0.15, 0.2) is 0 Å². The Labute approximate surface area is 166 Å². The van der Waals surface area contributed by atoms with Crippen LogP contribution in [0.2, 0.25) is 0 Å². The van der Waals surface area contributed by atoms with Gasteiger partial charge >= 0.3 is 6.09 Å². The first-order chi connectivity index (χ1) is 13.4. The summed E-state index contributed by atoms with van der Waals surface area (Å²) in [7, 11) is 0. The molecule has 150 valence electrons. The summed E-state index contributed by atoms with van der Waals surface area (Å²) in [6, 6.07) is 0. The first kappa shape index (κ1) is 18.1. The molecule has 28 heavy (non-hydrogen) atoms. The molecule has 6 heteroatoms. The number of ether oxygens (including phenoxy) is 1. The van der Waals surface area contributed by atoms with E-state index in [1.807, 2.05) is 24.2 Å². The number of hydrogen-bond donors (Lipinski definition) is 0. The number of likely N-dealkylation sites (tertiary alicyclic amines) is 1. The van der Waals surface area contributed by atoms with E-state index in [9.17, 15) is 9.59 Å². The minimum absolute atomic E-state index is 0.00159. The van der Waals surface area contributed by atoms with Crippen molar-refractivity contribution >= 4 is 11.9 Å². The van der Waals surface area contributed by atoms with Crippen LogP contribution in [-0.2, 0) is 9.53 Å². The maximum atomic E-state index is 12.9. The zero-order valence-electron chi connectivity index (χ0n) is 16.8. The van der Waals surface area contributed by atoms with E-state index in [1.54, 1.807) is 6.92 Å². The van der Waals surface area contributed by atoms with Gasteiger partial charge in [0.2, 0.25) is 0 Å². The van der Waals surface area contributed by atoms with Gasteiger partial charge in [0.1, 0.15) is 17.7 Å². The summed E-state index contributed by atoms with van der Waals surface area (Å²) in [6.45, 7) is 5.03. The molecule has 1 aliphatic heterocycles. The van der Waals surface area contributed by atoms with Gasteiger partial charge in [0.05, 0.1) is 0 Å². The van der Waals surface area contributed by atoms with Gasteiger partial charge in [-0.25, -0.2) is 14.8 Å². The molecular weight excluding hydrogens is 354 g/mol. The lowest BCUT2D eigenvalue weighted by atomic mass is 9.47. The molecule has 4 bridgehead atoms. The highest BCUT2D eigenvalue weighted by molar-refractivity contribution is 5.83. The van der Waals surface area contributed by atoms with Crippen molar-refractivity contribution in [1.82, 2.24) is 14.9 Å². The number of carbonyl (C=O) groups is 2. The molecule has 1 amide bonds. The van der Waals surface area contributed by atoms with Gasteiger partial charge in [-0.2, -0.15) is 0 Å². The van der Waals surface area contributed by atoms with Crippen LogP contribution in [0.4, 0.5) is 4.79 Å². The average molecular weight is 383 g/mol. The largest absolute Gasteiger partial charge is 0.446 e. The van der Waals surface area contributed by atoms with Crippen LogP contribution in [0, 0.1) is 30.1 Å². The molecule has 5 aliphatic rings. The van der Waals surface area contributed by atoms with Crippen LogP contribution in [0.5, 0.6) is 0 Å². The van der Waals surface area contributed by atoms with Gasteiger partial charge in [-0.1, -0.05) is 0 Å². The van der Waals surface area contributed by atoms with E-state index in [0.717, 1.165) is 56.5 Å². The molecule has 3 atom stereocenters. The number of hydrogen-bond acceptors (Lipinski definition) is 5. The highest BCUT2D eigenvalue weighted by Gasteiger charge is 2.58. The zero-order chi connectivity index (χ0) is 19.5. The van der Waals surface area contributed by atoms with Crippen LogP contribution in [-0.4, -0.2) is 45.9 Å². The first-order valence-electron chi connectivity index (χ1n) is 10.7. The summed E-state index contributed by atoms with van der Waals surface area (Å²) in [5, 5.41) is 0. The maximum absolute atomic E-state index is 12.9. The molecule has 2 heterocycles. The van der Waals surface area contributed by atoms with Crippen molar-refractivity contribution in [3.8, 4) is 0 Å². The van der Waals surface area contributed by atoms with Crippen molar-refractivity contribution in [1.29, 1.82) is 0 Å². The number of carbonyl (C=O) groups excluding carboxylic acids is 2. The van der Waals surface area contributed by atoms with Crippen molar-refractivity contribution in [2.45, 2.75) is 64.4 Å². The number of rotatable bonds is 3. The van der Waals surface area contributed by atoms with Gasteiger partial charge in [-0.15, -0.1) is 0 Å². The summed E-state index contributed by atoms with van der Waals surface area (Å²) in [5.41, 5.74) is 0.975. The molecule has 6 rings (SSSR count). The third-order valence-corrected chi connectivity index (χ3v) is 7.89. The van der Waals surface area contributed by atoms with Crippen molar-refractivity contribution < 1.29 is 14.3 Å². The van der Waals surface area contributed by atoms with Crippen LogP contribution in [0.1, 0.15) is 62.8 Å². The molecule has 4 aliphatic carbocycles. The quantitative estimate of drug-likeness (QED) is 0.799. The summed E-state index contributed by atoms with van der Waals surface area (Å²) >= 11 is 0. The Morgan fingerprint density at radius 2 is 1.82 bits per heavy atom. The van der Waals surface area contributed by atoms with E-state index in [-0.39, 0.29) is 23.5 Å². The molecule has 0 radical (unpaired) electrons. The van der Waals surface area contributed by atoms with Crippen molar-refractivity contribution in [2.75, 3.05) is 13.1 Å². The molecule has 0 aromatic carbocycles. The van der Waals surface area contributed by atoms with Crippen molar-refractivity contribution in [3.05, 3.63) is 23.8 Å². The number of aryl methyl sites for hydroxylation is 1. The fourth-order valence-electron chi connectivity index (χ4n) is 6.60. The molecule has 1 saturated heterocycles. The minimum Gasteiger partial charge on any atom is -0.446 e. The fourth-order valence-corrected chi connectivity index (χ4v) is 6.60. The highest BCUT2D eigenvalue weighted by atomic mass is 16.6. The highest BCUT2D eigenvalue weighted by Crippen LogP contribution is 2.61. The second-order valence-corrected chi connectivity index (χ2v) is 9.65. The second kappa shape index (κ2) is 6.53. The van der Waals surface area contributed by atoms with Crippen molar-refractivity contribution in [3.63, 3.8) is 0 Å². The van der Waals surface area contributed by atoms with Crippen LogP contribution < -0.4 is 0 Å². The second-order valence-electron chi connectivity index (χ2n) is 9.65. The molecule has 3 unspecified atom stereocenters. The standard InChI is InChI=1S/C22H29N3O3/c1-13(26)22-7-15-5-17(8-22)20(18(6-15)9-22)28-21(27)25-4-3-16(12-25)19-10-23-14(2)24-11-19/h10-11,15-18,20H,3-9,12H2,1-2H3. The molecule has 1 aromatic rings. The predicted molar refractivity (Wildman–Crippen MR) is 103 cm³/mol. The zero-order valence-corrected chi connectivity index (χ0v) is 16.8. The van der Waals surface area contributed by atoms with Crippen LogP contribution in [0.25, 0.3) is 0 Å². The summed E-state index contributed by atoms with van der Waals surface area (Å²) in [6.07, 6.45) is 9.62. The fraction of sp³-hybridized carbons (Fsp3) is 0.727. The van der Waals surface area contributed by atoms with E-state index in [4.69, 9.17) is 4.74 Å².